The van der Waals surface area contributed by atoms with E-state index >= 15 is 0 Å². The predicted molar refractivity (Wildman–Crippen MR) is 250 cm³/mol. The molecule has 5 heteroatoms. The highest BCUT2D eigenvalue weighted by Crippen LogP contribution is 2.51. The van der Waals surface area contributed by atoms with Crippen molar-refractivity contribution in [3.05, 3.63) is 194 Å². The SMILES string of the molecule is C1=CCC(n2c3ccccc3c3c4c(c5ccccc5c5c4c4ccccc4n5-c4ccc(-c5nc(-c6ccccc6)c6ncccc6n5)cc4)c4ccccc4c32)C=C1. The van der Waals surface area contributed by atoms with Crippen LogP contribution in [0.5, 0.6) is 0 Å². The van der Waals surface area contributed by atoms with Crippen LogP contribution in [0, 0.1) is 0 Å². The quantitative estimate of drug-likeness (QED) is 0.168. The first-order valence-electron chi connectivity index (χ1n) is 20.6. The van der Waals surface area contributed by atoms with Crippen LogP contribution in [0.1, 0.15) is 12.5 Å². The van der Waals surface area contributed by atoms with Gasteiger partial charge in [-0.3, -0.25) is 4.98 Å². The molecule has 4 heterocycles. The van der Waals surface area contributed by atoms with Gasteiger partial charge >= 0.3 is 0 Å². The van der Waals surface area contributed by atoms with E-state index in [1.54, 1.807) is 0 Å². The predicted octanol–water partition coefficient (Wildman–Crippen LogP) is 14.1. The Balaban J connectivity index is 1.14. The maximum Gasteiger partial charge on any atom is 0.160 e. The molecule has 1 aliphatic rings. The normalized spacial score (nSPS) is 14.3. The number of aromatic nitrogens is 5. The van der Waals surface area contributed by atoms with E-state index in [0.717, 1.165) is 40.0 Å². The lowest BCUT2D eigenvalue weighted by molar-refractivity contribution is 0.649. The van der Waals surface area contributed by atoms with Gasteiger partial charge in [-0.2, -0.15) is 0 Å². The van der Waals surface area contributed by atoms with E-state index in [4.69, 9.17) is 9.97 Å². The molecule has 280 valence electrons. The molecular formula is C55H35N5. The first kappa shape index (κ1) is 33.1. The Morgan fingerprint density at radius 1 is 0.467 bits per heavy atom. The van der Waals surface area contributed by atoms with Gasteiger partial charge in [-0.05, 0) is 71.1 Å². The average Bonchev–Trinajstić information content (AvgIpc) is 3.86. The van der Waals surface area contributed by atoms with Crippen molar-refractivity contribution in [1.82, 2.24) is 24.1 Å². The summed E-state index contributed by atoms with van der Waals surface area (Å²) in [4.78, 5) is 14.8. The summed E-state index contributed by atoms with van der Waals surface area (Å²) in [5, 5.41) is 12.8. The number of hydrogen-bond donors (Lipinski definition) is 0. The van der Waals surface area contributed by atoms with Crippen molar-refractivity contribution in [3.8, 4) is 28.3 Å². The zero-order valence-corrected chi connectivity index (χ0v) is 32.5. The van der Waals surface area contributed by atoms with Crippen molar-refractivity contribution in [3.63, 3.8) is 0 Å². The monoisotopic (exact) mass is 765 g/mol. The molecule has 0 amide bonds. The molecule has 5 nitrogen and oxygen atoms in total. The summed E-state index contributed by atoms with van der Waals surface area (Å²) < 4.78 is 5.09. The zero-order chi connectivity index (χ0) is 39.3. The molecule has 0 spiro atoms. The van der Waals surface area contributed by atoms with E-state index in [9.17, 15) is 0 Å². The third kappa shape index (κ3) is 4.66. The van der Waals surface area contributed by atoms with Gasteiger partial charge in [0, 0.05) is 66.2 Å². The lowest BCUT2D eigenvalue weighted by Crippen LogP contribution is -2.07. The second-order valence-electron chi connectivity index (χ2n) is 15.8. The van der Waals surface area contributed by atoms with Crippen molar-refractivity contribution in [2.45, 2.75) is 12.5 Å². The van der Waals surface area contributed by atoms with Gasteiger partial charge in [0.05, 0.1) is 28.1 Å². The average molecular weight is 766 g/mol. The first-order chi connectivity index (χ1) is 29.8. The Morgan fingerprint density at radius 3 is 1.83 bits per heavy atom. The Kier molecular flexibility index (Phi) is 7.07. The molecule has 1 unspecified atom stereocenters. The van der Waals surface area contributed by atoms with E-state index < -0.39 is 0 Å². The Bertz CT molecular complexity index is 3800. The summed E-state index contributed by atoms with van der Waals surface area (Å²) >= 11 is 0. The molecule has 0 fully saturated rings. The number of rotatable bonds is 4. The topological polar surface area (TPSA) is 48.5 Å². The lowest BCUT2D eigenvalue weighted by Gasteiger charge is -2.20. The number of allylic oxidation sites excluding steroid dienone is 4. The van der Waals surface area contributed by atoms with Crippen LogP contribution >= 0.6 is 0 Å². The molecule has 0 aliphatic heterocycles. The standard InChI is InChI=1S/C55H35N5/c1-3-16-34(17-4-1)51-52-44(26-15-33-56-52)57-55(58-51)35-29-31-37(32-30-35)60-46-28-14-12-25-43(46)49-50-47(39-21-8-10-23-41(39)54(49)60)38-20-7-9-22-40(38)53-48(50)42-24-11-13-27-45(42)59(53)36-18-5-2-6-19-36/h1-18,20-33,36H,19H2. The van der Waals surface area contributed by atoms with Gasteiger partial charge in [0.15, 0.2) is 5.82 Å². The van der Waals surface area contributed by atoms with Gasteiger partial charge in [0.1, 0.15) is 11.2 Å². The molecule has 0 radical (unpaired) electrons. The highest BCUT2D eigenvalue weighted by Gasteiger charge is 2.27. The minimum atomic E-state index is 0.209. The summed E-state index contributed by atoms with van der Waals surface area (Å²) in [6.45, 7) is 0. The molecule has 1 aliphatic carbocycles. The maximum absolute atomic E-state index is 5.13. The van der Waals surface area contributed by atoms with E-state index in [1.807, 2.05) is 36.5 Å². The van der Waals surface area contributed by atoms with Gasteiger partial charge in [-0.15, -0.1) is 0 Å². The van der Waals surface area contributed by atoms with Crippen molar-refractivity contribution in [2.24, 2.45) is 0 Å². The van der Waals surface area contributed by atoms with Gasteiger partial charge < -0.3 is 9.13 Å². The fourth-order valence-electron chi connectivity index (χ4n) is 10.2. The Morgan fingerprint density at radius 2 is 1.10 bits per heavy atom. The summed E-state index contributed by atoms with van der Waals surface area (Å²) in [6, 6.07) is 59.2. The van der Waals surface area contributed by atoms with Crippen molar-refractivity contribution < 1.29 is 0 Å². The van der Waals surface area contributed by atoms with Gasteiger partial charge in [-0.25, -0.2) is 9.97 Å². The minimum absolute atomic E-state index is 0.209. The van der Waals surface area contributed by atoms with Crippen LogP contribution in [-0.4, -0.2) is 24.1 Å². The summed E-state index contributed by atoms with van der Waals surface area (Å²) in [6.07, 6.45) is 11.8. The van der Waals surface area contributed by atoms with Crippen molar-refractivity contribution >= 4 is 87.0 Å². The molecule has 0 N–H and O–H groups in total. The van der Waals surface area contributed by atoms with Crippen LogP contribution in [0.3, 0.4) is 0 Å². The largest absolute Gasteiger partial charge is 0.333 e. The molecule has 8 aromatic carbocycles. The van der Waals surface area contributed by atoms with Crippen LogP contribution in [0.15, 0.2) is 194 Å². The van der Waals surface area contributed by atoms with Crippen LogP contribution < -0.4 is 0 Å². The third-order valence-electron chi connectivity index (χ3n) is 12.6. The van der Waals surface area contributed by atoms with Crippen LogP contribution in [0.2, 0.25) is 0 Å². The van der Waals surface area contributed by atoms with Gasteiger partial charge in [0.25, 0.3) is 0 Å². The molecule has 13 rings (SSSR count). The zero-order valence-electron chi connectivity index (χ0n) is 32.5. The molecule has 60 heavy (non-hydrogen) atoms. The fraction of sp³-hybridized carbons (Fsp3) is 0.0364. The first-order valence-corrected chi connectivity index (χ1v) is 20.6. The minimum Gasteiger partial charge on any atom is -0.333 e. The van der Waals surface area contributed by atoms with Crippen molar-refractivity contribution in [2.75, 3.05) is 0 Å². The number of para-hydroxylation sites is 2. The molecule has 0 saturated heterocycles. The number of pyridine rings is 1. The van der Waals surface area contributed by atoms with Crippen LogP contribution in [0.4, 0.5) is 0 Å². The number of benzene rings is 8. The maximum atomic E-state index is 5.13. The molecule has 12 aromatic rings. The van der Waals surface area contributed by atoms with Gasteiger partial charge in [-0.1, -0.05) is 140 Å². The second kappa shape index (κ2) is 12.8. The molecule has 4 aromatic heterocycles. The van der Waals surface area contributed by atoms with Crippen molar-refractivity contribution in [1.29, 1.82) is 0 Å². The van der Waals surface area contributed by atoms with E-state index in [-0.39, 0.29) is 6.04 Å². The number of hydrogen-bond acceptors (Lipinski definition) is 3. The Labute approximate surface area is 344 Å². The highest BCUT2D eigenvalue weighted by atomic mass is 15.0. The molecule has 0 bridgehead atoms. The lowest BCUT2D eigenvalue weighted by atomic mass is 9.89. The van der Waals surface area contributed by atoms with Crippen LogP contribution in [-0.2, 0) is 0 Å². The van der Waals surface area contributed by atoms with Gasteiger partial charge in [0.2, 0.25) is 0 Å². The summed E-state index contributed by atoms with van der Waals surface area (Å²) in [5.41, 5.74) is 10.4. The fourth-order valence-corrected chi connectivity index (χ4v) is 10.2. The smallest absolute Gasteiger partial charge is 0.160 e. The molecule has 1 atom stereocenters. The number of nitrogens with zero attached hydrogens (tertiary/aromatic N) is 5. The van der Waals surface area contributed by atoms with E-state index in [1.165, 1.54) is 75.9 Å². The van der Waals surface area contributed by atoms with E-state index in [2.05, 4.69) is 172 Å². The third-order valence-corrected chi connectivity index (χ3v) is 12.6. The van der Waals surface area contributed by atoms with E-state index in [0.29, 0.717) is 5.82 Å². The molecule has 0 saturated carbocycles. The highest BCUT2D eigenvalue weighted by molar-refractivity contribution is 6.45. The van der Waals surface area contributed by atoms with Crippen LogP contribution in [0.25, 0.3) is 115 Å². The summed E-state index contributed by atoms with van der Waals surface area (Å²) in [7, 11) is 0. The summed E-state index contributed by atoms with van der Waals surface area (Å²) in [5.74, 6) is 0.675. The second-order valence-corrected chi connectivity index (χ2v) is 15.8. The number of fused-ring (bicyclic) bond motifs is 16. The molecular weight excluding hydrogens is 731 g/mol. The Hall–Kier alpha value is -7.89.